The summed E-state index contributed by atoms with van der Waals surface area (Å²) >= 11 is 0. The Bertz CT molecular complexity index is 5920. The molecule has 742 valence electrons. The summed E-state index contributed by atoms with van der Waals surface area (Å²) in [5.74, 6) is 6.94. The van der Waals surface area contributed by atoms with Crippen LogP contribution in [0.3, 0.4) is 0 Å². The molecule has 22 heteroatoms. The van der Waals surface area contributed by atoms with E-state index in [1.165, 1.54) is 63.9 Å². The van der Waals surface area contributed by atoms with Crippen LogP contribution in [0.4, 0.5) is 42.9 Å². The maximum Gasteiger partial charge on any atom is 0.263 e. The van der Waals surface area contributed by atoms with Crippen molar-refractivity contribution in [2.45, 2.75) is 255 Å². The summed E-state index contributed by atoms with van der Waals surface area (Å²) in [6, 6.07) is 70.5. The number of anilines is 6. The number of halogens is 2. The highest BCUT2D eigenvalue weighted by molar-refractivity contribution is 5.95. The average molecular weight is 1910 g/mol. The van der Waals surface area contributed by atoms with Gasteiger partial charge in [-0.25, -0.2) is 8.78 Å². The Morgan fingerprint density at radius 2 is 0.529 bits per heavy atom. The normalized spacial score (nSPS) is 11.0. The molecule has 0 aromatic heterocycles. The molecule has 0 saturated heterocycles. The minimum Gasteiger partial charge on any atom is -0.497 e. The van der Waals surface area contributed by atoms with E-state index in [1.807, 2.05) is 230 Å². The molecule has 0 unspecified atom stereocenters. The summed E-state index contributed by atoms with van der Waals surface area (Å²) in [7, 11) is 1.60. The predicted molar refractivity (Wildman–Crippen MR) is 562 cm³/mol. The first-order chi connectivity index (χ1) is 67.0. The van der Waals surface area contributed by atoms with Gasteiger partial charge in [-0.1, -0.05) is 203 Å². The molecule has 0 aliphatic heterocycles. The van der Waals surface area contributed by atoms with E-state index in [9.17, 15) is 37.5 Å². The minimum absolute atomic E-state index is 0.0124. The zero-order chi connectivity index (χ0) is 102. The third-order valence-electron chi connectivity index (χ3n) is 23.0. The lowest BCUT2D eigenvalue weighted by atomic mass is 10.1. The van der Waals surface area contributed by atoms with E-state index < -0.39 is 6.43 Å². The van der Waals surface area contributed by atoms with Crippen molar-refractivity contribution >= 4 is 69.6 Å². The van der Waals surface area contributed by atoms with Crippen LogP contribution in [0, 0.1) is 90.0 Å². The number of methoxy groups -OCH3 is 1. The first kappa shape index (κ1) is 111. The van der Waals surface area contributed by atoms with Crippen LogP contribution < -0.4 is 69.8 Å². The van der Waals surface area contributed by atoms with Gasteiger partial charge in [0.15, 0.2) is 0 Å². The second-order valence-corrected chi connectivity index (χ2v) is 34.9. The number of benzene rings is 12. The highest BCUT2D eigenvalue weighted by Gasteiger charge is 2.25. The third kappa shape index (κ3) is 36.6. The second kappa shape index (κ2) is 56.6. The van der Waals surface area contributed by atoms with Crippen LogP contribution in [0.25, 0.3) is 0 Å². The summed E-state index contributed by atoms with van der Waals surface area (Å²) in [6.07, 6.45) is 3.38. The van der Waals surface area contributed by atoms with E-state index >= 15 is 0 Å². The smallest absolute Gasteiger partial charge is 0.263 e. The summed E-state index contributed by atoms with van der Waals surface area (Å²) in [6.45, 7) is 44.3. The van der Waals surface area contributed by atoms with E-state index in [2.05, 4.69) is 141 Å². The molecule has 0 heterocycles. The molecule has 1 fully saturated rings. The van der Waals surface area contributed by atoms with Gasteiger partial charge < -0.3 is 69.8 Å². The number of hydrogen-bond donors (Lipinski definition) is 6. The zero-order valence-electron chi connectivity index (χ0n) is 85.7. The van der Waals surface area contributed by atoms with Crippen molar-refractivity contribution in [3.63, 3.8) is 0 Å². The van der Waals surface area contributed by atoms with Crippen LogP contribution >= 0.6 is 0 Å². The molecule has 6 N–H and O–H groups in total. The van der Waals surface area contributed by atoms with E-state index in [0.29, 0.717) is 94.7 Å². The quantitative estimate of drug-likeness (QED) is 0.0214. The van der Waals surface area contributed by atoms with Gasteiger partial charge in [0.1, 0.15) is 85.6 Å². The molecule has 0 atom stereocenters. The topological polar surface area (TPSA) is 248 Å². The third-order valence-corrected chi connectivity index (χ3v) is 23.0. The van der Waals surface area contributed by atoms with Crippen molar-refractivity contribution in [2.24, 2.45) is 0 Å². The standard InChI is InChI=1S/C21H25NO2.C20H25NO3.C20H25NO2.C19H21F2NO2.C19H23NO3.C19H23NO2/c1-4-21(23)22-19-12-17(16-6-7-16)8-9-18(19)13-24-20-10-5-14(2)11-15(20)3;1-5-20(22)21-18-12-17(23-6-2)9-8-16(18)13-24-19-10-7-14(3)11-15(19)4;1-5-16-8-9-17(18(12-16)21-20(22)6-2)13-23-19-10-7-14(3)11-15(19)4;1-4-18(23)22-16-10-14(19(20)21)6-7-15(16)11-24-17-8-5-12(2)9-13(17)3;1-5-19(21)20-17-11-16(22-4)8-7-15(17)12-23-18-9-6-13(2)10-14(18)3;1-5-19(21)20-17-11-14(3)6-8-16(17)12-22-18-9-7-13(2)10-15(18)4/h5,8-12,16H,4,6-7,13H2,1-3H3,(H,22,23);7-12H,5-6,13H2,1-4H3,(H,21,22);7-12H,5-6,13H2,1-4H3,(H,21,22);5-10,19H,4,11H2,1-3H3,(H,22,23);6-11H,5,12H2,1-4H3,(H,20,21);6-11H,5,12H2,1-4H3,(H,20,21). The fourth-order valence-corrected chi connectivity index (χ4v) is 14.6. The van der Waals surface area contributed by atoms with E-state index in [4.69, 9.17) is 37.9 Å². The number of ether oxygens (including phenoxy) is 8. The molecule has 0 radical (unpaired) electrons. The number of hydrogen-bond acceptors (Lipinski definition) is 14. The zero-order valence-corrected chi connectivity index (χ0v) is 85.7. The Balaban J connectivity index is 0.000000206. The molecule has 0 bridgehead atoms. The fourth-order valence-electron chi connectivity index (χ4n) is 14.6. The molecule has 1 aliphatic carbocycles. The maximum atomic E-state index is 12.9. The second-order valence-electron chi connectivity index (χ2n) is 34.9. The fraction of sp³-hybridized carbons (Fsp3) is 0.339. The maximum absolute atomic E-state index is 12.9. The van der Waals surface area contributed by atoms with Crippen LogP contribution in [-0.4, -0.2) is 49.2 Å². The molecule has 1 aliphatic rings. The molecule has 6 amide bonds. The molecule has 12 aromatic carbocycles. The van der Waals surface area contributed by atoms with Crippen LogP contribution in [-0.2, 0) is 74.8 Å². The number of nitrogens with one attached hydrogen (secondary N) is 6. The van der Waals surface area contributed by atoms with Crippen molar-refractivity contribution < 1.29 is 75.4 Å². The van der Waals surface area contributed by atoms with Gasteiger partial charge >= 0.3 is 0 Å². The van der Waals surface area contributed by atoms with Crippen LogP contribution in [0.1, 0.15) is 241 Å². The summed E-state index contributed by atoms with van der Waals surface area (Å²) in [5, 5.41) is 17.4. The van der Waals surface area contributed by atoms with Crippen LogP contribution in [0.5, 0.6) is 46.0 Å². The lowest BCUT2D eigenvalue weighted by Gasteiger charge is -2.15. The highest BCUT2D eigenvalue weighted by Crippen LogP contribution is 2.42. The molecule has 140 heavy (non-hydrogen) atoms. The van der Waals surface area contributed by atoms with Crippen molar-refractivity contribution in [1.29, 1.82) is 0 Å². The molecule has 1 saturated carbocycles. The average Bonchev–Trinajstić information content (AvgIpc) is 1.78. The van der Waals surface area contributed by atoms with E-state index in [-0.39, 0.29) is 54.0 Å². The van der Waals surface area contributed by atoms with Gasteiger partial charge in [-0.05, 0) is 257 Å². The molecular formula is C118H142F2N6O14. The number of aryl methyl sites for hydroxylation is 14. The SMILES string of the molecule is CCC(=O)Nc1cc(C(F)F)ccc1COc1ccc(C)cc1C.CCC(=O)Nc1cc(C)ccc1COc1ccc(C)cc1C.CCC(=O)Nc1cc(C2CC2)ccc1COc1ccc(C)cc1C.CCC(=O)Nc1cc(CC)ccc1COc1ccc(C)cc1C.CCC(=O)Nc1cc(OC)ccc1COc1ccc(C)cc1C.CCOc1ccc(COc2ccc(C)cc2C)c(NC(=O)CC)c1. The van der Waals surface area contributed by atoms with Crippen molar-refractivity contribution in [3.8, 4) is 46.0 Å². The molecule has 13 rings (SSSR count). The number of carbonyl (C=O) groups is 6. The minimum atomic E-state index is -2.59. The lowest BCUT2D eigenvalue weighted by molar-refractivity contribution is -0.116. The Morgan fingerprint density at radius 1 is 0.279 bits per heavy atom. The molecule has 20 nitrogen and oxygen atoms in total. The van der Waals surface area contributed by atoms with Gasteiger partial charge in [0.25, 0.3) is 6.43 Å². The van der Waals surface area contributed by atoms with Gasteiger partial charge in [0.05, 0.1) is 25.1 Å². The highest BCUT2D eigenvalue weighted by atomic mass is 19.3. The predicted octanol–water partition coefficient (Wildman–Crippen LogP) is 28.5. The number of rotatable bonds is 36. The number of carbonyl (C=O) groups excluding carboxylic acids is 6. The van der Waals surface area contributed by atoms with Crippen molar-refractivity contribution in [3.05, 3.63) is 341 Å². The first-order valence-corrected chi connectivity index (χ1v) is 48.2. The van der Waals surface area contributed by atoms with E-state index in [1.54, 1.807) is 20.1 Å². The van der Waals surface area contributed by atoms with E-state index in [0.717, 1.165) is 147 Å². The van der Waals surface area contributed by atoms with Gasteiger partial charge in [-0.15, -0.1) is 0 Å². The van der Waals surface area contributed by atoms with Crippen LogP contribution in [0.2, 0.25) is 0 Å². The van der Waals surface area contributed by atoms with Gasteiger partial charge in [0, 0.05) is 112 Å². The summed E-state index contributed by atoms with van der Waals surface area (Å²) in [4.78, 5) is 70.4. The van der Waals surface area contributed by atoms with Gasteiger partial charge in [-0.3, -0.25) is 28.8 Å². The van der Waals surface area contributed by atoms with Gasteiger partial charge in [0.2, 0.25) is 35.4 Å². The van der Waals surface area contributed by atoms with Crippen molar-refractivity contribution in [1.82, 2.24) is 0 Å². The molecule has 12 aromatic rings. The number of amides is 6. The lowest BCUT2D eigenvalue weighted by Crippen LogP contribution is -2.12. The van der Waals surface area contributed by atoms with Crippen LogP contribution in [0.15, 0.2) is 218 Å². The largest absolute Gasteiger partial charge is 0.497 e. The van der Waals surface area contributed by atoms with Crippen molar-refractivity contribution in [2.75, 3.05) is 45.6 Å². The number of alkyl halides is 2. The molecular weight excluding hydrogens is 1760 g/mol. The first-order valence-electron chi connectivity index (χ1n) is 48.2. The summed E-state index contributed by atoms with van der Waals surface area (Å²) in [5.41, 5.74) is 27.1. The Labute approximate surface area is 827 Å². The Hall–Kier alpha value is -14.3. The molecule has 0 spiro atoms. The summed E-state index contributed by atoms with van der Waals surface area (Å²) < 4.78 is 72.1. The Kier molecular flexibility index (Phi) is 44.9. The Morgan fingerprint density at radius 3 is 0.814 bits per heavy atom. The van der Waals surface area contributed by atoms with Gasteiger partial charge in [-0.2, -0.15) is 0 Å². The monoisotopic (exact) mass is 1910 g/mol.